The number of aliphatic hydroxyl groups excluding tert-OH is 2. The number of ether oxygens (including phenoxy) is 4. The molecule has 2 N–H and O–H groups in total. The average Bonchev–Trinajstić information content (AvgIpc) is 3.20. The molecule has 3 bridgehead atoms. The molecule has 0 radical (unpaired) electrons. The van der Waals surface area contributed by atoms with Gasteiger partial charge in [0.15, 0.2) is 6.10 Å². The number of rotatable bonds is 5. The molecule has 5 aliphatic rings. The van der Waals surface area contributed by atoms with Crippen LogP contribution in [0.4, 0.5) is 0 Å². The highest BCUT2D eigenvalue weighted by Crippen LogP contribution is 2.77. The normalized spacial score (nSPS) is 45.5. The van der Waals surface area contributed by atoms with Crippen LogP contribution in [0.3, 0.4) is 0 Å². The largest absolute Gasteiger partial charge is 0.462 e. The van der Waals surface area contributed by atoms with Gasteiger partial charge in [-0.1, -0.05) is 6.08 Å². The Morgan fingerprint density at radius 1 is 1.26 bits per heavy atom. The molecule has 1 saturated heterocycles. The van der Waals surface area contributed by atoms with Gasteiger partial charge in [0.25, 0.3) is 0 Å². The molecular formula is C25H32O9. The minimum atomic E-state index is -1.06. The second kappa shape index (κ2) is 7.55. The lowest BCUT2D eigenvalue weighted by Crippen LogP contribution is -2.58. The number of hydrogen-bond donors (Lipinski definition) is 2. The zero-order valence-corrected chi connectivity index (χ0v) is 20.0. The Morgan fingerprint density at radius 2 is 1.97 bits per heavy atom. The summed E-state index contributed by atoms with van der Waals surface area (Å²) in [4.78, 5) is 38.5. The van der Waals surface area contributed by atoms with Gasteiger partial charge in [-0.15, -0.1) is 0 Å². The number of carbonyl (C=O) groups excluding carboxylic acids is 3. The van der Waals surface area contributed by atoms with Crippen molar-refractivity contribution in [1.29, 1.82) is 0 Å². The summed E-state index contributed by atoms with van der Waals surface area (Å²) in [6, 6.07) is 0. The molecule has 186 valence electrons. The highest BCUT2D eigenvalue weighted by atomic mass is 16.7. The van der Waals surface area contributed by atoms with Crippen LogP contribution < -0.4 is 0 Å². The molecule has 11 atom stereocenters. The van der Waals surface area contributed by atoms with Crippen LogP contribution in [0.15, 0.2) is 23.5 Å². The van der Waals surface area contributed by atoms with Crippen molar-refractivity contribution in [2.24, 2.45) is 34.5 Å². The molecule has 0 aromatic rings. The lowest BCUT2D eigenvalue weighted by Gasteiger charge is -2.51. The number of hydrogen-bond acceptors (Lipinski definition) is 9. The number of allylic oxidation sites excluding steroid dienone is 1. The number of aliphatic hydroxyl groups is 2. The maximum absolute atomic E-state index is 13.3. The monoisotopic (exact) mass is 476 g/mol. The molecule has 0 unspecified atom stereocenters. The predicted octanol–water partition coefficient (Wildman–Crippen LogP) is 1.61. The Labute approximate surface area is 198 Å². The van der Waals surface area contributed by atoms with Crippen molar-refractivity contribution in [2.45, 2.75) is 78.2 Å². The molecule has 34 heavy (non-hydrogen) atoms. The Balaban J connectivity index is 1.55. The molecule has 4 fully saturated rings. The van der Waals surface area contributed by atoms with Crippen LogP contribution >= 0.6 is 0 Å². The van der Waals surface area contributed by atoms with Gasteiger partial charge in [0, 0.05) is 34.3 Å². The molecule has 5 rings (SSSR count). The standard InChI is InChI=1S/C25H32O9/c1-6-10(2)20(28)32-17-14-8-25-13-7-16(27)19(25)24(14,5)23(30)33-18(17)15(25)9-31-22(13)34-21(29)11(3)12(4)26/h6,9,11-14,16-19,22,26-27H,7-8H2,1-5H3/b10-6-/t11-,12+,13-,14-,16+,17-,18+,19-,22-,24+,25-/m1/s1. The third-order valence-corrected chi connectivity index (χ3v) is 9.27. The fourth-order valence-corrected chi connectivity index (χ4v) is 7.25. The van der Waals surface area contributed by atoms with Crippen LogP contribution in [-0.2, 0) is 33.3 Å². The van der Waals surface area contributed by atoms with E-state index in [0.717, 1.165) is 0 Å². The predicted molar refractivity (Wildman–Crippen MR) is 115 cm³/mol. The van der Waals surface area contributed by atoms with Crippen molar-refractivity contribution < 1.29 is 43.5 Å². The van der Waals surface area contributed by atoms with E-state index in [0.29, 0.717) is 24.0 Å². The molecule has 9 nitrogen and oxygen atoms in total. The Morgan fingerprint density at radius 3 is 2.62 bits per heavy atom. The summed E-state index contributed by atoms with van der Waals surface area (Å²) in [6.45, 7) is 8.30. The highest BCUT2D eigenvalue weighted by molar-refractivity contribution is 5.88. The van der Waals surface area contributed by atoms with Gasteiger partial charge in [-0.05, 0) is 47.5 Å². The second-order valence-electron chi connectivity index (χ2n) is 10.7. The van der Waals surface area contributed by atoms with Gasteiger partial charge in [0.2, 0.25) is 6.29 Å². The third-order valence-electron chi connectivity index (χ3n) is 9.27. The van der Waals surface area contributed by atoms with Gasteiger partial charge in [0.1, 0.15) is 6.10 Å². The average molecular weight is 477 g/mol. The number of fused-ring (bicyclic) bond motifs is 3. The molecule has 3 saturated carbocycles. The van der Waals surface area contributed by atoms with Gasteiger partial charge in [-0.2, -0.15) is 0 Å². The van der Waals surface area contributed by atoms with Gasteiger partial charge in [-0.3, -0.25) is 9.59 Å². The number of carbonyl (C=O) groups is 3. The molecular weight excluding hydrogens is 444 g/mol. The molecule has 9 heteroatoms. The van der Waals surface area contributed by atoms with Crippen molar-refractivity contribution in [1.82, 2.24) is 0 Å². The van der Waals surface area contributed by atoms with Crippen molar-refractivity contribution in [3.05, 3.63) is 23.5 Å². The molecule has 1 spiro atoms. The summed E-state index contributed by atoms with van der Waals surface area (Å²) in [5.74, 6) is -3.44. The summed E-state index contributed by atoms with van der Waals surface area (Å²) in [6.07, 6.45) is -0.283. The topological polar surface area (TPSA) is 129 Å². The van der Waals surface area contributed by atoms with E-state index in [-0.39, 0.29) is 5.92 Å². The lowest BCUT2D eigenvalue weighted by atomic mass is 9.61. The first-order chi connectivity index (χ1) is 16.0. The maximum atomic E-state index is 13.3. The summed E-state index contributed by atoms with van der Waals surface area (Å²) >= 11 is 0. The third kappa shape index (κ3) is 2.77. The second-order valence-corrected chi connectivity index (χ2v) is 10.7. The van der Waals surface area contributed by atoms with Crippen LogP contribution in [0.5, 0.6) is 0 Å². The number of esters is 3. The fraction of sp³-hybridized carbons (Fsp3) is 0.720. The Hall–Kier alpha value is -2.39. The molecule has 2 heterocycles. The van der Waals surface area contributed by atoms with E-state index in [1.54, 1.807) is 33.8 Å². The van der Waals surface area contributed by atoms with Crippen molar-refractivity contribution >= 4 is 17.9 Å². The maximum Gasteiger partial charge on any atom is 0.333 e. The van der Waals surface area contributed by atoms with Crippen LogP contribution in [0.2, 0.25) is 0 Å². The van der Waals surface area contributed by atoms with E-state index in [2.05, 4.69) is 0 Å². The molecule has 0 amide bonds. The quantitative estimate of drug-likeness (QED) is 0.345. The highest BCUT2D eigenvalue weighted by Gasteiger charge is 2.82. The van der Waals surface area contributed by atoms with Crippen molar-refractivity contribution in [2.75, 3.05) is 0 Å². The molecule has 2 aliphatic heterocycles. The first-order valence-electron chi connectivity index (χ1n) is 12.0. The van der Waals surface area contributed by atoms with E-state index in [9.17, 15) is 24.6 Å². The summed E-state index contributed by atoms with van der Waals surface area (Å²) in [7, 11) is 0. The summed E-state index contributed by atoms with van der Waals surface area (Å²) in [5, 5.41) is 21.0. The van der Waals surface area contributed by atoms with Crippen LogP contribution in [0.25, 0.3) is 0 Å². The van der Waals surface area contributed by atoms with Gasteiger partial charge < -0.3 is 29.2 Å². The lowest BCUT2D eigenvalue weighted by molar-refractivity contribution is -0.212. The SMILES string of the molecule is C/C=C(/C)C(=O)O[C@@H]1[C@H]2C[C@]34C5=CO[C@H](OC(=O)[C@H](C)[C@H](C)O)[C@H]3C[C@H](O)[C@@H]4[C@@]2(C)C(=O)O[C@@H]51. The van der Waals surface area contributed by atoms with E-state index in [1.165, 1.54) is 13.2 Å². The minimum absolute atomic E-state index is 0.299. The van der Waals surface area contributed by atoms with Gasteiger partial charge >= 0.3 is 17.9 Å². The van der Waals surface area contributed by atoms with Crippen LogP contribution in [0.1, 0.15) is 47.5 Å². The molecule has 0 aromatic heterocycles. The smallest absolute Gasteiger partial charge is 0.333 e. The van der Waals surface area contributed by atoms with E-state index < -0.39 is 77.2 Å². The van der Waals surface area contributed by atoms with Gasteiger partial charge in [-0.25, -0.2) is 4.79 Å². The van der Waals surface area contributed by atoms with Gasteiger partial charge in [0.05, 0.1) is 29.8 Å². The molecule has 0 aromatic carbocycles. The van der Waals surface area contributed by atoms with Crippen molar-refractivity contribution in [3.8, 4) is 0 Å². The molecule has 3 aliphatic carbocycles. The van der Waals surface area contributed by atoms with Crippen molar-refractivity contribution in [3.63, 3.8) is 0 Å². The summed E-state index contributed by atoms with van der Waals surface area (Å²) < 4.78 is 23.3. The Bertz CT molecular complexity index is 998. The van der Waals surface area contributed by atoms with Crippen LogP contribution in [-0.4, -0.2) is 58.8 Å². The fourth-order valence-electron chi connectivity index (χ4n) is 7.25. The minimum Gasteiger partial charge on any atom is -0.462 e. The summed E-state index contributed by atoms with van der Waals surface area (Å²) in [5.41, 5.74) is -0.604. The zero-order valence-electron chi connectivity index (χ0n) is 20.0. The first kappa shape index (κ1) is 23.4. The van der Waals surface area contributed by atoms with Crippen LogP contribution in [0, 0.1) is 34.5 Å². The van der Waals surface area contributed by atoms with E-state index >= 15 is 0 Å². The Kier molecular flexibility index (Phi) is 5.19. The first-order valence-corrected chi connectivity index (χ1v) is 12.0. The zero-order chi connectivity index (χ0) is 24.7. The van der Waals surface area contributed by atoms with E-state index in [4.69, 9.17) is 18.9 Å². The van der Waals surface area contributed by atoms with E-state index in [1.807, 2.05) is 0 Å².